The molecule has 1 atom stereocenters. The number of nitrogens with one attached hydrogen (secondary N) is 1. The molecule has 0 aromatic heterocycles. The van der Waals surface area contributed by atoms with Crippen molar-refractivity contribution in [2.75, 3.05) is 37.3 Å². The number of halogens is 2. The van der Waals surface area contributed by atoms with Crippen LogP contribution >= 0.6 is 11.6 Å². The first-order chi connectivity index (χ1) is 13.6. The van der Waals surface area contributed by atoms with Gasteiger partial charge in [0.15, 0.2) is 6.29 Å². The van der Waals surface area contributed by atoms with Crippen molar-refractivity contribution in [1.29, 1.82) is 0 Å². The van der Waals surface area contributed by atoms with Gasteiger partial charge in [0.1, 0.15) is 30.7 Å². The highest BCUT2D eigenvalue weighted by molar-refractivity contribution is 6.30. The highest BCUT2D eigenvalue weighted by Crippen LogP contribution is 2.36. The summed E-state index contributed by atoms with van der Waals surface area (Å²) in [6.07, 6.45) is 0.601. The van der Waals surface area contributed by atoms with Crippen LogP contribution in [0.4, 0.5) is 15.8 Å². The third-order valence-electron chi connectivity index (χ3n) is 4.35. The molecule has 2 aliphatic heterocycles. The van der Waals surface area contributed by atoms with Gasteiger partial charge in [-0.25, -0.2) is 14.4 Å². The Labute approximate surface area is 166 Å². The molecule has 1 N–H and O–H groups in total. The summed E-state index contributed by atoms with van der Waals surface area (Å²) in [6, 6.07) is 9.93. The highest BCUT2D eigenvalue weighted by Gasteiger charge is 2.26. The van der Waals surface area contributed by atoms with Crippen molar-refractivity contribution in [3.05, 3.63) is 52.8 Å². The number of anilines is 2. The molecule has 9 heteroatoms. The molecule has 148 valence electrons. The monoisotopic (exact) mass is 407 g/mol. The summed E-state index contributed by atoms with van der Waals surface area (Å²) in [5.74, 6) is 0.197. The van der Waals surface area contributed by atoms with Crippen molar-refractivity contribution in [3.63, 3.8) is 0 Å². The predicted molar refractivity (Wildman–Crippen MR) is 103 cm³/mol. The van der Waals surface area contributed by atoms with Crippen molar-refractivity contribution in [2.45, 2.75) is 12.5 Å². The molecule has 0 spiro atoms. The number of methoxy groups -OCH3 is 1. The van der Waals surface area contributed by atoms with E-state index >= 15 is 0 Å². The van der Waals surface area contributed by atoms with Crippen LogP contribution in [0.25, 0.3) is 0 Å². The van der Waals surface area contributed by atoms with Crippen LogP contribution in [-0.2, 0) is 14.3 Å². The largest absolute Gasteiger partial charge is 0.497 e. The molecule has 0 radical (unpaired) electrons. The van der Waals surface area contributed by atoms with E-state index in [2.05, 4.69) is 10.3 Å². The SMILES string of the molecule is COc1ccc2c(c1)C(Nc1ccc(Cl)cc1F)N=CN2OCC1OCCO1. The number of hydrogen-bond acceptors (Lipinski definition) is 7. The maximum Gasteiger partial charge on any atom is 0.183 e. The zero-order valence-corrected chi connectivity index (χ0v) is 15.9. The van der Waals surface area contributed by atoms with E-state index in [9.17, 15) is 4.39 Å². The van der Waals surface area contributed by atoms with Crippen LogP contribution in [0.1, 0.15) is 11.7 Å². The van der Waals surface area contributed by atoms with E-state index in [-0.39, 0.29) is 6.61 Å². The molecule has 7 nitrogen and oxygen atoms in total. The summed E-state index contributed by atoms with van der Waals surface area (Å²) in [4.78, 5) is 10.2. The third-order valence-corrected chi connectivity index (χ3v) is 4.59. The molecule has 0 saturated carbocycles. The van der Waals surface area contributed by atoms with Crippen molar-refractivity contribution >= 4 is 29.3 Å². The fourth-order valence-corrected chi connectivity index (χ4v) is 3.12. The first-order valence-electron chi connectivity index (χ1n) is 8.72. The average Bonchev–Trinajstić information content (AvgIpc) is 3.22. The quantitative estimate of drug-likeness (QED) is 0.786. The van der Waals surface area contributed by atoms with Crippen LogP contribution in [0, 0.1) is 5.82 Å². The van der Waals surface area contributed by atoms with Crippen LogP contribution < -0.4 is 15.1 Å². The van der Waals surface area contributed by atoms with Crippen LogP contribution in [0.5, 0.6) is 5.75 Å². The Morgan fingerprint density at radius 3 is 2.82 bits per heavy atom. The molecule has 2 heterocycles. The zero-order valence-electron chi connectivity index (χ0n) is 15.1. The standard InChI is InChI=1S/C19H19ClFN3O4/c1-25-13-3-5-17-14(9-13)19(23-16-4-2-12(20)8-15(16)21)22-11-24(17)28-10-18-26-6-7-27-18/h2-5,8-9,11,18-19,23H,6-7,10H2,1H3. The molecule has 0 bridgehead atoms. The third kappa shape index (κ3) is 4.05. The van der Waals surface area contributed by atoms with Gasteiger partial charge in [-0.1, -0.05) is 11.6 Å². The number of rotatable bonds is 6. The predicted octanol–water partition coefficient (Wildman–Crippen LogP) is 3.75. The molecule has 2 aliphatic rings. The van der Waals surface area contributed by atoms with Gasteiger partial charge >= 0.3 is 0 Å². The molecule has 0 amide bonds. The summed E-state index contributed by atoms with van der Waals surface area (Å²) in [6.45, 7) is 1.32. The molecule has 1 saturated heterocycles. The Morgan fingerprint density at radius 1 is 1.25 bits per heavy atom. The molecule has 28 heavy (non-hydrogen) atoms. The summed E-state index contributed by atoms with van der Waals surface area (Å²) in [5.41, 5.74) is 1.81. The summed E-state index contributed by atoms with van der Waals surface area (Å²) < 4.78 is 30.3. The Hall–Kier alpha value is -2.39. The van der Waals surface area contributed by atoms with Crippen LogP contribution in [0.3, 0.4) is 0 Å². The van der Waals surface area contributed by atoms with E-state index in [1.807, 2.05) is 18.2 Å². The molecule has 0 aliphatic carbocycles. The first-order valence-corrected chi connectivity index (χ1v) is 9.10. The molecule has 2 aromatic rings. The maximum atomic E-state index is 14.2. The van der Waals surface area contributed by atoms with Crippen LogP contribution in [0.15, 0.2) is 41.4 Å². The van der Waals surface area contributed by atoms with Crippen molar-refractivity contribution in [3.8, 4) is 5.75 Å². The number of ether oxygens (including phenoxy) is 3. The number of aliphatic imine (C=N–C) groups is 1. The lowest BCUT2D eigenvalue weighted by atomic mass is 10.1. The normalized spacial score (nSPS) is 19.0. The lowest BCUT2D eigenvalue weighted by Crippen LogP contribution is -2.32. The average molecular weight is 408 g/mol. The molecule has 2 aromatic carbocycles. The van der Waals surface area contributed by atoms with E-state index < -0.39 is 18.3 Å². The number of hydrogen-bond donors (Lipinski definition) is 1. The fourth-order valence-electron chi connectivity index (χ4n) is 2.97. The van der Waals surface area contributed by atoms with Gasteiger partial charge in [-0.3, -0.25) is 4.84 Å². The number of nitrogens with zero attached hydrogens (tertiary/aromatic N) is 2. The second-order valence-electron chi connectivity index (χ2n) is 6.15. The first kappa shape index (κ1) is 18.9. The minimum atomic E-state index is -0.528. The second kappa shape index (κ2) is 8.32. The van der Waals surface area contributed by atoms with Crippen molar-refractivity contribution < 1.29 is 23.4 Å². The van der Waals surface area contributed by atoms with Gasteiger partial charge in [-0.05, 0) is 36.4 Å². The van der Waals surface area contributed by atoms with Crippen LogP contribution in [0.2, 0.25) is 5.02 Å². The Balaban J connectivity index is 1.57. The lowest BCUT2D eigenvalue weighted by Gasteiger charge is -2.30. The van der Waals surface area contributed by atoms with Gasteiger partial charge < -0.3 is 19.5 Å². The van der Waals surface area contributed by atoms with E-state index in [4.69, 9.17) is 30.6 Å². The molecule has 1 fully saturated rings. The van der Waals surface area contributed by atoms with E-state index in [0.29, 0.717) is 29.7 Å². The molecular weight excluding hydrogens is 389 g/mol. The van der Waals surface area contributed by atoms with Gasteiger partial charge in [-0.2, -0.15) is 0 Å². The highest BCUT2D eigenvalue weighted by atomic mass is 35.5. The summed E-state index contributed by atoms with van der Waals surface area (Å²) in [7, 11) is 1.58. The number of hydroxylamine groups is 1. The minimum absolute atomic E-state index is 0.224. The lowest BCUT2D eigenvalue weighted by molar-refractivity contribution is -0.0928. The van der Waals surface area contributed by atoms with E-state index in [1.54, 1.807) is 19.2 Å². The van der Waals surface area contributed by atoms with Gasteiger partial charge in [0.05, 0.1) is 31.7 Å². The Morgan fingerprint density at radius 2 is 2.07 bits per heavy atom. The Kier molecular flexibility index (Phi) is 5.63. The van der Waals surface area contributed by atoms with Crippen LogP contribution in [-0.4, -0.2) is 39.6 Å². The van der Waals surface area contributed by atoms with Gasteiger partial charge in [-0.15, -0.1) is 0 Å². The molecule has 4 rings (SSSR count). The van der Waals surface area contributed by atoms with E-state index in [1.165, 1.54) is 17.5 Å². The molecular formula is C19H19ClFN3O4. The molecule has 1 unspecified atom stereocenters. The van der Waals surface area contributed by atoms with Crippen molar-refractivity contribution in [2.24, 2.45) is 4.99 Å². The number of benzene rings is 2. The summed E-state index contributed by atoms with van der Waals surface area (Å²) >= 11 is 5.83. The fraction of sp³-hybridized carbons (Fsp3) is 0.316. The minimum Gasteiger partial charge on any atom is -0.497 e. The van der Waals surface area contributed by atoms with Gasteiger partial charge in [0.2, 0.25) is 0 Å². The Bertz CT molecular complexity index is 876. The van der Waals surface area contributed by atoms with Gasteiger partial charge in [0, 0.05) is 10.6 Å². The smallest absolute Gasteiger partial charge is 0.183 e. The van der Waals surface area contributed by atoms with Gasteiger partial charge in [0.25, 0.3) is 0 Å². The zero-order chi connectivity index (χ0) is 19.5. The summed E-state index contributed by atoms with van der Waals surface area (Å²) in [5, 5.41) is 4.95. The number of fused-ring (bicyclic) bond motifs is 1. The topological polar surface area (TPSA) is 64.6 Å². The maximum absolute atomic E-state index is 14.2. The second-order valence-corrected chi connectivity index (χ2v) is 6.59. The van der Waals surface area contributed by atoms with E-state index in [0.717, 1.165) is 11.3 Å². The van der Waals surface area contributed by atoms with Crippen molar-refractivity contribution in [1.82, 2.24) is 0 Å².